The third-order valence-corrected chi connectivity index (χ3v) is 4.32. The molecule has 0 spiro atoms. The normalized spacial score (nSPS) is 15.2. The van der Waals surface area contributed by atoms with Gasteiger partial charge in [-0.05, 0) is 5.56 Å². The number of benzene rings is 1. The molecule has 1 aromatic carbocycles. The van der Waals surface area contributed by atoms with Crippen LogP contribution in [0, 0.1) is 0 Å². The third kappa shape index (κ3) is 4.09. The highest BCUT2D eigenvalue weighted by molar-refractivity contribution is 7.98. The molecule has 110 valence electrons. The van der Waals surface area contributed by atoms with E-state index >= 15 is 0 Å². The lowest BCUT2D eigenvalue weighted by atomic mass is 10.2. The summed E-state index contributed by atoms with van der Waals surface area (Å²) in [4.78, 5) is 11.1. The summed E-state index contributed by atoms with van der Waals surface area (Å²) >= 11 is 7.73. The van der Waals surface area contributed by atoms with Crippen LogP contribution in [0.4, 0.5) is 5.82 Å². The van der Waals surface area contributed by atoms with Crippen LogP contribution in [0.25, 0.3) is 0 Å². The van der Waals surface area contributed by atoms with Crippen LogP contribution in [0.2, 0.25) is 5.15 Å². The van der Waals surface area contributed by atoms with Gasteiger partial charge in [0, 0.05) is 24.9 Å². The highest BCUT2D eigenvalue weighted by Gasteiger charge is 2.14. The van der Waals surface area contributed by atoms with Gasteiger partial charge in [-0.25, -0.2) is 9.97 Å². The molecule has 1 aromatic heterocycles. The number of halogens is 1. The van der Waals surface area contributed by atoms with E-state index in [4.69, 9.17) is 16.3 Å². The van der Waals surface area contributed by atoms with Gasteiger partial charge < -0.3 is 9.64 Å². The topological polar surface area (TPSA) is 38.2 Å². The van der Waals surface area contributed by atoms with Crippen LogP contribution in [0.5, 0.6) is 0 Å². The van der Waals surface area contributed by atoms with Crippen LogP contribution < -0.4 is 4.90 Å². The predicted octanol–water partition coefficient (Wildman–Crippen LogP) is 3.26. The maximum absolute atomic E-state index is 6.13. The zero-order chi connectivity index (χ0) is 14.5. The Morgan fingerprint density at radius 1 is 1.14 bits per heavy atom. The number of morpholine rings is 1. The average Bonchev–Trinajstić information content (AvgIpc) is 2.54. The highest BCUT2D eigenvalue weighted by atomic mass is 35.5. The van der Waals surface area contributed by atoms with E-state index in [0.29, 0.717) is 10.3 Å². The number of rotatable bonds is 4. The van der Waals surface area contributed by atoms with Gasteiger partial charge in [0.25, 0.3) is 0 Å². The van der Waals surface area contributed by atoms with Gasteiger partial charge in [-0.15, -0.1) is 0 Å². The summed E-state index contributed by atoms with van der Waals surface area (Å²) in [5.41, 5.74) is 1.25. The van der Waals surface area contributed by atoms with Crippen molar-refractivity contribution in [3.05, 3.63) is 47.1 Å². The molecule has 1 fully saturated rings. The quantitative estimate of drug-likeness (QED) is 0.491. The number of anilines is 1. The van der Waals surface area contributed by atoms with E-state index in [1.807, 2.05) is 24.3 Å². The summed E-state index contributed by atoms with van der Waals surface area (Å²) in [6, 6.07) is 12.1. The summed E-state index contributed by atoms with van der Waals surface area (Å²) in [7, 11) is 0. The fourth-order valence-electron chi connectivity index (χ4n) is 2.13. The summed E-state index contributed by atoms with van der Waals surface area (Å²) in [5, 5.41) is 1.20. The molecule has 0 radical (unpaired) electrons. The SMILES string of the molecule is Clc1cc(N2CCOCC2)nc(SCc2ccccc2)n1. The van der Waals surface area contributed by atoms with Crippen LogP contribution in [0.1, 0.15) is 5.56 Å². The van der Waals surface area contributed by atoms with Crippen molar-refractivity contribution in [2.45, 2.75) is 10.9 Å². The van der Waals surface area contributed by atoms with E-state index in [2.05, 4.69) is 27.0 Å². The molecule has 0 atom stereocenters. The van der Waals surface area contributed by atoms with E-state index in [-0.39, 0.29) is 0 Å². The summed E-state index contributed by atoms with van der Waals surface area (Å²) in [6.07, 6.45) is 0. The number of nitrogens with zero attached hydrogens (tertiary/aromatic N) is 3. The minimum absolute atomic E-state index is 0.488. The summed E-state index contributed by atoms with van der Waals surface area (Å²) in [6.45, 7) is 3.15. The van der Waals surface area contributed by atoms with Gasteiger partial charge in [-0.1, -0.05) is 53.7 Å². The first kappa shape index (κ1) is 14.6. The first-order valence-electron chi connectivity index (χ1n) is 6.85. The maximum Gasteiger partial charge on any atom is 0.191 e. The number of hydrogen-bond donors (Lipinski definition) is 0. The van der Waals surface area contributed by atoms with Gasteiger partial charge >= 0.3 is 0 Å². The van der Waals surface area contributed by atoms with Crippen LogP contribution >= 0.6 is 23.4 Å². The number of aromatic nitrogens is 2. The molecule has 6 heteroatoms. The molecule has 1 aliphatic heterocycles. The lowest BCUT2D eigenvalue weighted by molar-refractivity contribution is 0.122. The van der Waals surface area contributed by atoms with Crippen molar-refractivity contribution >= 4 is 29.2 Å². The molecule has 1 saturated heterocycles. The van der Waals surface area contributed by atoms with E-state index in [1.54, 1.807) is 11.8 Å². The zero-order valence-electron chi connectivity index (χ0n) is 11.5. The monoisotopic (exact) mass is 321 g/mol. The van der Waals surface area contributed by atoms with Gasteiger partial charge in [-0.3, -0.25) is 0 Å². The smallest absolute Gasteiger partial charge is 0.191 e. The van der Waals surface area contributed by atoms with Crippen molar-refractivity contribution in [3.8, 4) is 0 Å². The van der Waals surface area contributed by atoms with Gasteiger partial charge in [0.2, 0.25) is 0 Å². The number of ether oxygens (including phenoxy) is 1. The molecule has 0 amide bonds. The molecule has 2 aromatic rings. The van der Waals surface area contributed by atoms with Gasteiger partial charge in [0.1, 0.15) is 11.0 Å². The van der Waals surface area contributed by atoms with Crippen LogP contribution in [-0.2, 0) is 10.5 Å². The van der Waals surface area contributed by atoms with Gasteiger partial charge in [-0.2, -0.15) is 0 Å². The Labute approximate surface area is 133 Å². The second-order valence-corrected chi connectivity index (χ2v) is 6.03. The van der Waals surface area contributed by atoms with Gasteiger partial charge in [0.05, 0.1) is 13.2 Å². The number of thioether (sulfide) groups is 1. The van der Waals surface area contributed by atoms with Crippen molar-refractivity contribution in [1.82, 2.24) is 9.97 Å². The predicted molar refractivity (Wildman–Crippen MR) is 86.1 cm³/mol. The van der Waals surface area contributed by atoms with E-state index in [9.17, 15) is 0 Å². The van der Waals surface area contributed by atoms with E-state index < -0.39 is 0 Å². The van der Waals surface area contributed by atoms with Gasteiger partial charge in [0.15, 0.2) is 5.16 Å². The van der Waals surface area contributed by atoms with E-state index in [0.717, 1.165) is 37.9 Å². The average molecular weight is 322 g/mol. The molecular weight excluding hydrogens is 306 g/mol. The Morgan fingerprint density at radius 2 is 1.90 bits per heavy atom. The van der Waals surface area contributed by atoms with Crippen LogP contribution in [-0.4, -0.2) is 36.3 Å². The second-order valence-electron chi connectivity index (χ2n) is 4.71. The molecule has 2 heterocycles. The molecule has 3 rings (SSSR count). The Bertz CT molecular complexity index is 591. The molecule has 0 N–H and O–H groups in total. The van der Waals surface area contributed by atoms with Crippen molar-refractivity contribution in [2.24, 2.45) is 0 Å². The molecule has 0 bridgehead atoms. The van der Waals surface area contributed by atoms with Crippen LogP contribution in [0.15, 0.2) is 41.6 Å². The molecule has 0 saturated carbocycles. The molecule has 1 aliphatic rings. The molecule has 21 heavy (non-hydrogen) atoms. The third-order valence-electron chi connectivity index (χ3n) is 3.21. The Balaban J connectivity index is 1.71. The molecule has 0 unspecified atom stereocenters. The number of hydrogen-bond acceptors (Lipinski definition) is 5. The minimum atomic E-state index is 0.488. The first-order chi connectivity index (χ1) is 10.3. The first-order valence-corrected chi connectivity index (χ1v) is 8.21. The highest BCUT2D eigenvalue weighted by Crippen LogP contribution is 2.24. The van der Waals surface area contributed by atoms with Crippen molar-refractivity contribution < 1.29 is 4.74 Å². The zero-order valence-corrected chi connectivity index (χ0v) is 13.1. The largest absolute Gasteiger partial charge is 0.378 e. The second kappa shape index (κ2) is 7.11. The molecule has 4 nitrogen and oxygen atoms in total. The standard InChI is InChI=1S/C15H16ClN3OS/c16-13-10-14(19-6-8-20-9-7-19)18-15(17-13)21-11-12-4-2-1-3-5-12/h1-5,10H,6-9,11H2. The minimum Gasteiger partial charge on any atom is -0.378 e. The maximum atomic E-state index is 6.13. The van der Waals surface area contributed by atoms with Crippen molar-refractivity contribution in [1.29, 1.82) is 0 Å². The Morgan fingerprint density at radius 3 is 2.67 bits per heavy atom. The van der Waals surface area contributed by atoms with Crippen molar-refractivity contribution in [3.63, 3.8) is 0 Å². The Kier molecular flexibility index (Phi) is 4.95. The van der Waals surface area contributed by atoms with E-state index in [1.165, 1.54) is 5.56 Å². The fourth-order valence-corrected chi connectivity index (χ4v) is 3.16. The summed E-state index contributed by atoms with van der Waals surface area (Å²) < 4.78 is 5.36. The lowest BCUT2D eigenvalue weighted by Gasteiger charge is -2.27. The van der Waals surface area contributed by atoms with Crippen LogP contribution in [0.3, 0.4) is 0 Å². The fraction of sp³-hybridized carbons (Fsp3) is 0.333. The molecule has 0 aliphatic carbocycles. The summed E-state index contributed by atoms with van der Waals surface area (Å²) in [5.74, 6) is 1.72. The lowest BCUT2D eigenvalue weighted by Crippen LogP contribution is -2.36. The van der Waals surface area contributed by atoms with Crippen molar-refractivity contribution in [2.75, 3.05) is 31.2 Å². The molecular formula is C15H16ClN3OS. The Hall–Kier alpha value is -1.30.